The molecule has 1 unspecified atom stereocenters. The van der Waals surface area contributed by atoms with Crippen molar-refractivity contribution in [1.82, 2.24) is 0 Å². The molecule has 0 saturated heterocycles. The molecule has 0 amide bonds. The van der Waals surface area contributed by atoms with Gasteiger partial charge in [0.1, 0.15) is 11.8 Å². The predicted molar refractivity (Wildman–Crippen MR) is 56.9 cm³/mol. The van der Waals surface area contributed by atoms with Gasteiger partial charge in [0.15, 0.2) is 0 Å². The van der Waals surface area contributed by atoms with Gasteiger partial charge in [-0.1, -0.05) is 17.7 Å². The SMILES string of the molecule is COC(=O)C(N)c1ccc(Cl)c(OC)c1. The highest BCUT2D eigenvalue weighted by Crippen LogP contribution is 2.27. The zero-order valence-corrected chi connectivity index (χ0v) is 9.25. The minimum absolute atomic E-state index is 0.471. The number of benzene rings is 1. The molecule has 0 aromatic heterocycles. The second kappa shape index (κ2) is 5.00. The Hall–Kier alpha value is -1.26. The average molecular weight is 230 g/mol. The Morgan fingerprint density at radius 3 is 2.67 bits per heavy atom. The number of ether oxygens (including phenoxy) is 2. The molecule has 5 heteroatoms. The summed E-state index contributed by atoms with van der Waals surface area (Å²) in [5, 5.41) is 0.471. The van der Waals surface area contributed by atoms with Gasteiger partial charge in [0.05, 0.1) is 19.2 Å². The van der Waals surface area contributed by atoms with E-state index in [-0.39, 0.29) is 0 Å². The Kier molecular flexibility index (Phi) is 3.94. The predicted octanol–water partition coefficient (Wildman–Crippen LogP) is 1.52. The van der Waals surface area contributed by atoms with Gasteiger partial charge in [-0.25, -0.2) is 0 Å². The van der Waals surface area contributed by atoms with Gasteiger partial charge in [-0.05, 0) is 17.7 Å². The number of methoxy groups -OCH3 is 2. The first kappa shape index (κ1) is 11.8. The van der Waals surface area contributed by atoms with Crippen molar-refractivity contribution in [3.63, 3.8) is 0 Å². The summed E-state index contributed by atoms with van der Waals surface area (Å²) in [5.41, 5.74) is 6.25. The molecule has 15 heavy (non-hydrogen) atoms. The van der Waals surface area contributed by atoms with Crippen LogP contribution in [0.1, 0.15) is 11.6 Å². The summed E-state index contributed by atoms with van der Waals surface area (Å²) in [7, 11) is 2.78. The summed E-state index contributed by atoms with van der Waals surface area (Å²) < 4.78 is 9.54. The first-order chi connectivity index (χ1) is 7.10. The lowest BCUT2D eigenvalue weighted by Gasteiger charge is -2.11. The molecule has 0 aliphatic heterocycles. The lowest BCUT2D eigenvalue weighted by atomic mass is 10.1. The molecule has 0 fully saturated rings. The van der Waals surface area contributed by atoms with E-state index in [1.807, 2.05) is 0 Å². The molecule has 1 aromatic carbocycles. The number of nitrogens with two attached hydrogens (primary N) is 1. The van der Waals surface area contributed by atoms with Crippen molar-refractivity contribution in [3.8, 4) is 5.75 Å². The average Bonchev–Trinajstić information content (AvgIpc) is 2.27. The van der Waals surface area contributed by atoms with Crippen LogP contribution < -0.4 is 10.5 Å². The van der Waals surface area contributed by atoms with Crippen LogP contribution in [0.15, 0.2) is 18.2 Å². The molecular formula is C10H12ClNO3. The third-order valence-electron chi connectivity index (χ3n) is 1.99. The minimum atomic E-state index is -0.818. The van der Waals surface area contributed by atoms with E-state index in [4.69, 9.17) is 22.1 Å². The molecule has 0 spiro atoms. The summed E-state index contributed by atoms with van der Waals surface area (Å²) in [6.45, 7) is 0. The molecule has 0 saturated carbocycles. The van der Waals surface area contributed by atoms with Crippen molar-refractivity contribution in [3.05, 3.63) is 28.8 Å². The van der Waals surface area contributed by atoms with E-state index < -0.39 is 12.0 Å². The van der Waals surface area contributed by atoms with Crippen molar-refractivity contribution >= 4 is 17.6 Å². The topological polar surface area (TPSA) is 61.5 Å². The van der Waals surface area contributed by atoms with E-state index in [1.165, 1.54) is 14.2 Å². The van der Waals surface area contributed by atoms with Crippen molar-refractivity contribution in [2.75, 3.05) is 14.2 Å². The van der Waals surface area contributed by atoms with E-state index in [9.17, 15) is 4.79 Å². The maximum Gasteiger partial charge on any atom is 0.327 e. The first-order valence-electron chi connectivity index (χ1n) is 4.27. The number of carbonyl (C=O) groups excluding carboxylic acids is 1. The lowest BCUT2D eigenvalue weighted by molar-refractivity contribution is -0.142. The molecular weight excluding hydrogens is 218 g/mol. The number of carbonyl (C=O) groups is 1. The Bertz CT molecular complexity index is 368. The quantitative estimate of drug-likeness (QED) is 0.799. The summed E-state index contributed by atoms with van der Waals surface area (Å²) in [4.78, 5) is 11.2. The van der Waals surface area contributed by atoms with Crippen LogP contribution in [0.5, 0.6) is 5.75 Å². The van der Waals surface area contributed by atoms with Crippen molar-refractivity contribution in [1.29, 1.82) is 0 Å². The van der Waals surface area contributed by atoms with Gasteiger partial charge in [0, 0.05) is 0 Å². The van der Waals surface area contributed by atoms with Crippen LogP contribution in [0.2, 0.25) is 5.02 Å². The zero-order chi connectivity index (χ0) is 11.4. The van der Waals surface area contributed by atoms with Gasteiger partial charge in [-0.3, -0.25) is 4.79 Å². The number of rotatable bonds is 3. The van der Waals surface area contributed by atoms with Crippen molar-refractivity contribution < 1.29 is 14.3 Å². The minimum Gasteiger partial charge on any atom is -0.495 e. The maximum atomic E-state index is 11.2. The second-order valence-corrected chi connectivity index (χ2v) is 3.30. The monoisotopic (exact) mass is 229 g/mol. The Morgan fingerprint density at radius 2 is 2.13 bits per heavy atom. The highest BCUT2D eigenvalue weighted by atomic mass is 35.5. The van der Waals surface area contributed by atoms with E-state index in [1.54, 1.807) is 18.2 Å². The maximum absolute atomic E-state index is 11.2. The zero-order valence-electron chi connectivity index (χ0n) is 8.49. The molecule has 82 valence electrons. The fraction of sp³-hybridized carbons (Fsp3) is 0.300. The Labute approximate surface area is 92.9 Å². The molecule has 1 aromatic rings. The van der Waals surface area contributed by atoms with Gasteiger partial charge in [-0.2, -0.15) is 0 Å². The van der Waals surface area contributed by atoms with Gasteiger partial charge in [-0.15, -0.1) is 0 Å². The summed E-state index contributed by atoms with van der Waals surface area (Å²) in [6, 6.07) is 4.08. The first-order valence-corrected chi connectivity index (χ1v) is 4.64. The molecule has 0 heterocycles. The summed E-state index contributed by atoms with van der Waals surface area (Å²) in [5.74, 6) is -0.0205. The molecule has 2 N–H and O–H groups in total. The molecule has 0 aliphatic rings. The standard InChI is InChI=1S/C10H12ClNO3/c1-14-8-5-6(3-4-7(8)11)9(12)10(13)15-2/h3-5,9H,12H2,1-2H3. The summed E-state index contributed by atoms with van der Waals surface area (Å²) >= 11 is 5.83. The van der Waals surface area contributed by atoms with Crippen LogP contribution in [-0.2, 0) is 9.53 Å². The molecule has 1 atom stereocenters. The summed E-state index contributed by atoms with van der Waals surface area (Å²) in [6.07, 6.45) is 0. The third kappa shape index (κ3) is 2.61. The van der Waals surface area contributed by atoms with Crippen LogP contribution in [0.4, 0.5) is 0 Å². The number of halogens is 1. The fourth-order valence-electron chi connectivity index (χ4n) is 1.13. The van der Waals surface area contributed by atoms with Crippen molar-refractivity contribution in [2.45, 2.75) is 6.04 Å². The molecule has 0 aliphatic carbocycles. The van der Waals surface area contributed by atoms with Gasteiger partial charge in [0.2, 0.25) is 0 Å². The van der Waals surface area contributed by atoms with Gasteiger partial charge < -0.3 is 15.2 Å². The van der Waals surface area contributed by atoms with E-state index in [0.717, 1.165) is 0 Å². The Balaban J connectivity index is 3.00. The van der Waals surface area contributed by atoms with Crippen LogP contribution in [-0.4, -0.2) is 20.2 Å². The Morgan fingerprint density at radius 1 is 1.47 bits per heavy atom. The molecule has 1 rings (SSSR count). The number of esters is 1. The van der Waals surface area contributed by atoms with Crippen LogP contribution >= 0.6 is 11.6 Å². The van der Waals surface area contributed by atoms with E-state index >= 15 is 0 Å². The van der Waals surface area contributed by atoms with Gasteiger partial charge in [0.25, 0.3) is 0 Å². The third-order valence-corrected chi connectivity index (χ3v) is 2.30. The van der Waals surface area contributed by atoms with Crippen LogP contribution in [0.3, 0.4) is 0 Å². The molecule has 4 nitrogen and oxygen atoms in total. The van der Waals surface area contributed by atoms with Crippen LogP contribution in [0.25, 0.3) is 0 Å². The number of hydrogen-bond donors (Lipinski definition) is 1. The largest absolute Gasteiger partial charge is 0.495 e. The smallest absolute Gasteiger partial charge is 0.327 e. The highest BCUT2D eigenvalue weighted by molar-refractivity contribution is 6.32. The number of hydrogen-bond acceptors (Lipinski definition) is 4. The van der Waals surface area contributed by atoms with Crippen molar-refractivity contribution in [2.24, 2.45) is 5.73 Å². The van der Waals surface area contributed by atoms with E-state index in [2.05, 4.69) is 4.74 Å². The highest BCUT2D eigenvalue weighted by Gasteiger charge is 2.17. The van der Waals surface area contributed by atoms with E-state index in [0.29, 0.717) is 16.3 Å². The molecule has 0 bridgehead atoms. The normalized spacial score (nSPS) is 12.0. The fourth-order valence-corrected chi connectivity index (χ4v) is 1.33. The second-order valence-electron chi connectivity index (χ2n) is 2.89. The van der Waals surface area contributed by atoms with Crippen LogP contribution in [0, 0.1) is 0 Å². The molecule has 0 radical (unpaired) electrons. The lowest BCUT2D eigenvalue weighted by Crippen LogP contribution is -2.22. The van der Waals surface area contributed by atoms with Gasteiger partial charge >= 0.3 is 5.97 Å².